The van der Waals surface area contributed by atoms with Crippen molar-refractivity contribution in [3.63, 3.8) is 0 Å². The number of H-pyrrole nitrogens is 1. The number of aryl methyl sites for hydroxylation is 2. The Hall–Kier alpha value is -2.70. The van der Waals surface area contributed by atoms with Gasteiger partial charge in [-0.1, -0.05) is 30.3 Å². The van der Waals surface area contributed by atoms with E-state index in [1.54, 1.807) is 6.20 Å². The molecule has 2 aromatic heterocycles. The summed E-state index contributed by atoms with van der Waals surface area (Å²) in [5.41, 5.74) is 4.88. The van der Waals surface area contributed by atoms with E-state index in [1.807, 2.05) is 30.3 Å². The number of halogens is 1. The lowest BCUT2D eigenvalue weighted by molar-refractivity contribution is 0.102. The number of anilines is 1. The summed E-state index contributed by atoms with van der Waals surface area (Å²) in [6.07, 6.45) is 4.45. The first-order valence-electron chi connectivity index (χ1n) is 8.86. The van der Waals surface area contributed by atoms with Gasteiger partial charge in [0.2, 0.25) is 0 Å². The van der Waals surface area contributed by atoms with E-state index in [0.717, 1.165) is 42.6 Å². The van der Waals surface area contributed by atoms with Gasteiger partial charge < -0.3 is 10.6 Å². The number of rotatable bonds is 5. The van der Waals surface area contributed by atoms with Gasteiger partial charge in [-0.15, -0.1) is 12.4 Å². The summed E-state index contributed by atoms with van der Waals surface area (Å²) in [6.45, 7) is 1.57. The van der Waals surface area contributed by atoms with Crippen molar-refractivity contribution in [3.8, 4) is 0 Å². The van der Waals surface area contributed by atoms with Crippen LogP contribution in [0.4, 0.5) is 5.82 Å². The van der Waals surface area contributed by atoms with Crippen molar-refractivity contribution in [3.05, 3.63) is 76.7 Å². The molecule has 3 N–H and O–H groups in total. The van der Waals surface area contributed by atoms with Crippen LogP contribution in [0.2, 0.25) is 0 Å². The lowest BCUT2D eigenvalue weighted by atomic mass is 10.1. The van der Waals surface area contributed by atoms with E-state index in [1.165, 1.54) is 5.56 Å². The number of nitrogens with one attached hydrogen (secondary N) is 3. The van der Waals surface area contributed by atoms with Crippen LogP contribution in [0.1, 0.15) is 32.9 Å². The molecule has 4 rings (SSSR count). The molecule has 0 radical (unpaired) electrons. The van der Waals surface area contributed by atoms with Gasteiger partial charge >= 0.3 is 0 Å². The first-order valence-corrected chi connectivity index (χ1v) is 8.86. The van der Waals surface area contributed by atoms with Crippen LogP contribution in [-0.4, -0.2) is 27.6 Å². The summed E-state index contributed by atoms with van der Waals surface area (Å²) in [5.74, 6) is 0.333. The first-order chi connectivity index (χ1) is 12.8. The zero-order chi connectivity index (χ0) is 17.8. The molecule has 0 saturated heterocycles. The van der Waals surface area contributed by atoms with Crippen LogP contribution in [0.5, 0.6) is 0 Å². The van der Waals surface area contributed by atoms with Gasteiger partial charge in [-0.25, -0.2) is 4.98 Å². The molecule has 27 heavy (non-hydrogen) atoms. The van der Waals surface area contributed by atoms with Gasteiger partial charge in [-0.05, 0) is 36.1 Å². The van der Waals surface area contributed by atoms with E-state index in [4.69, 9.17) is 0 Å². The van der Waals surface area contributed by atoms with Gasteiger partial charge in [0.15, 0.2) is 5.69 Å². The normalized spacial score (nSPS) is 12.7. The molecule has 3 heterocycles. The summed E-state index contributed by atoms with van der Waals surface area (Å²) in [7, 11) is 0. The Kier molecular flexibility index (Phi) is 6.21. The van der Waals surface area contributed by atoms with E-state index in [2.05, 4.69) is 37.9 Å². The zero-order valence-corrected chi connectivity index (χ0v) is 15.7. The fourth-order valence-electron chi connectivity index (χ4n) is 3.22. The molecular formula is C20H22ClN5O. The highest BCUT2D eigenvalue weighted by atomic mass is 35.5. The van der Waals surface area contributed by atoms with Crippen molar-refractivity contribution in [2.75, 3.05) is 11.9 Å². The van der Waals surface area contributed by atoms with Crippen LogP contribution in [0.25, 0.3) is 0 Å². The standard InChI is InChI=1S/C20H21N5O.ClH/c26-20(19-16-13-21-10-9-17(16)24-25-19)23-18-12-15(8-11-22-18)7-6-14-4-2-1-3-5-14;/h1-5,8,11-12,21H,6-7,9-10,13H2,(H,24,25)(H,22,23,26);1H. The van der Waals surface area contributed by atoms with E-state index in [-0.39, 0.29) is 18.3 Å². The van der Waals surface area contributed by atoms with E-state index in [9.17, 15) is 4.79 Å². The lowest BCUT2D eigenvalue weighted by Crippen LogP contribution is -2.25. The first kappa shape index (κ1) is 19.1. The van der Waals surface area contributed by atoms with Crippen LogP contribution in [0.15, 0.2) is 48.7 Å². The minimum absolute atomic E-state index is 0. The molecule has 1 aliphatic rings. The molecule has 0 atom stereocenters. The van der Waals surface area contributed by atoms with Crippen molar-refractivity contribution in [2.24, 2.45) is 0 Å². The molecule has 1 amide bonds. The van der Waals surface area contributed by atoms with Gasteiger partial charge in [0, 0.05) is 37.0 Å². The number of aromatic amines is 1. The molecular weight excluding hydrogens is 362 g/mol. The highest BCUT2D eigenvalue weighted by Gasteiger charge is 2.21. The molecule has 3 aromatic rings. The molecule has 0 aliphatic carbocycles. The zero-order valence-electron chi connectivity index (χ0n) is 14.9. The third-order valence-electron chi connectivity index (χ3n) is 4.63. The van der Waals surface area contributed by atoms with Crippen LogP contribution in [-0.2, 0) is 25.8 Å². The number of carbonyl (C=O) groups excluding carboxylic acids is 1. The maximum atomic E-state index is 12.6. The SMILES string of the molecule is Cl.O=C(Nc1cc(CCc2ccccc2)ccn1)c1n[nH]c2c1CNCC2. The van der Waals surface area contributed by atoms with Crippen molar-refractivity contribution in [1.82, 2.24) is 20.5 Å². The molecule has 140 valence electrons. The maximum Gasteiger partial charge on any atom is 0.277 e. The smallest absolute Gasteiger partial charge is 0.277 e. The van der Waals surface area contributed by atoms with Crippen LogP contribution in [0, 0.1) is 0 Å². The lowest BCUT2D eigenvalue weighted by Gasteiger charge is -2.12. The summed E-state index contributed by atoms with van der Waals surface area (Å²) >= 11 is 0. The third-order valence-corrected chi connectivity index (χ3v) is 4.63. The van der Waals surface area contributed by atoms with Gasteiger partial charge in [0.05, 0.1) is 0 Å². The fourth-order valence-corrected chi connectivity index (χ4v) is 3.22. The fraction of sp³-hybridized carbons (Fsp3) is 0.250. The monoisotopic (exact) mass is 383 g/mol. The van der Waals surface area contributed by atoms with Crippen molar-refractivity contribution >= 4 is 24.1 Å². The molecule has 1 aromatic carbocycles. The van der Waals surface area contributed by atoms with Gasteiger partial charge in [0.25, 0.3) is 5.91 Å². The number of benzene rings is 1. The van der Waals surface area contributed by atoms with Crippen molar-refractivity contribution in [1.29, 1.82) is 0 Å². The Bertz CT molecular complexity index is 910. The predicted molar refractivity (Wildman–Crippen MR) is 107 cm³/mol. The van der Waals surface area contributed by atoms with Crippen LogP contribution in [0.3, 0.4) is 0 Å². The highest BCUT2D eigenvalue weighted by molar-refractivity contribution is 6.03. The summed E-state index contributed by atoms with van der Waals surface area (Å²) in [6, 6.07) is 14.3. The number of nitrogens with zero attached hydrogens (tertiary/aromatic N) is 2. The number of hydrogen-bond acceptors (Lipinski definition) is 4. The van der Waals surface area contributed by atoms with Gasteiger partial charge in [0.1, 0.15) is 5.82 Å². The van der Waals surface area contributed by atoms with Crippen LogP contribution >= 0.6 is 12.4 Å². The van der Waals surface area contributed by atoms with Gasteiger partial charge in [-0.3, -0.25) is 9.89 Å². The Balaban J connectivity index is 0.00000210. The summed E-state index contributed by atoms with van der Waals surface area (Å²) in [4.78, 5) is 16.8. The maximum absolute atomic E-state index is 12.6. The number of pyridine rings is 1. The average molecular weight is 384 g/mol. The largest absolute Gasteiger partial charge is 0.312 e. The number of aromatic nitrogens is 3. The second-order valence-corrected chi connectivity index (χ2v) is 6.45. The molecule has 7 heteroatoms. The van der Waals surface area contributed by atoms with E-state index in [0.29, 0.717) is 18.1 Å². The molecule has 0 spiro atoms. The Morgan fingerprint density at radius 3 is 2.78 bits per heavy atom. The molecule has 0 saturated carbocycles. The minimum Gasteiger partial charge on any atom is -0.312 e. The second kappa shape index (κ2) is 8.79. The molecule has 0 fully saturated rings. The topological polar surface area (TPSA) is 82.7 Å². The molecule has 0 unspecified atom stereocenters. The molecule has 1 aliphatic heterocycles. The second-order valence-electron chi connectivity index (χ2n) is 6.45. The molecule has 0 bridgehead atoms. The number of carbonyl (C=O) groups is 1. The summed E-state index contributed by atoms with van der Waals surface area (Å²) < 4.78 is 0. The Morgan fingerprint density at radius 1 is 1.11 bits per heavy atom. The quantitative estimate of drug-likeness (QED) is 0.632. The summed E-state index contributed by atoms with van der Waals surface area (Å²) in [5, 5.41) is 13.3. The van der Waals surface area contributed by atoms with Gasteiger partial charge in [-0.2, -0.15) is 5.10 Å². The Morgan fingerprint density at radius 2 is 1.93 bits per heavy atom. The number of amides is 1. The number of hydrogen-bond donors (Lipinski definition) is 3. The Labute approximate surface area is 164 Å². The van der Waals surface area contributed by atoms with Crippen molar-refractivity contribution < 1.29 is 4.79 Å². The predicted octanol–water partition coefficient (Wildman–Crippen LogP) is 2.91. The van der Waals surface area contributed by atoms with E-state index >= 15 is 0 Å². The van der Waals surface area contributed by atoms with Crippen molar-refractivity contribution in [2.45, 2.75) is 25.8 Å². The average Bonchev–Trinajstić information content (AvgIpc) is 3.12. The van der Waals surface area contributed by atoms with Crippen LogP contribution < -0.4 is 10.6 Å². The minimum atomic E-state index is -0.223. The number of fused-ring (bicyclic) bond motifs is 1. The van der Waals surface area contributed by atoms with E-state index < -0.39 is 0 Å². The highest BCUT2D eigenvalue weighted by Crippen LogP contribution is 2.17. The molecule has 6 nitrogen and oxygen atoms in total. The third kappa shape index (κ3) is 4.53.